The highest BCUT2D eigenvalue weighted by molar-refractivity contribution is 7.92. The first kappa shape index (κ1) is 23.0. The molecule has 1 aliphatic heterocycles. The van der Waals surface area contributed by atoms with E-state index in [1.165, 1.54) is 18.2 Å². The Hall–Kier alpha value is -3.21. The summed E-state index contributed by atoms with van der Waals surface area (Å²) in [6.45, 7) is 3.76. The van der Waals surface area contributed by atoms with E-state index in [-0.39, 0.29) is 14.5 Å². The van der Waals surface area contributed by atoms with E-state index in [4.69, 9.17) is 11.6 Å². The number of benzene rings is 2. The number of nitrogens with one attached hydrogen (secondary N) is 2. The van der Waals surface area contributed by atoms with Gasteiger partial charge < -0.3 is 5.32 Å². The third-order valence-corrected chi connectivity index (χ3v) is 8.04. The molecule has 2 heterocycles. The molecule has 0 radical (unpaired) electrons. The van der Waals surface area contributed by atoms with Crippen molar-refractivity contribution in [3.63, 3.8) is 0 Å². The maximum Gasteiger partial charge on any atom is 0.333 e. The highest BCUT2D eigenvalue weighted by Gasteiger charge is 2.37. The largest absolute Gasteiger partial charge is 0.333 e. The summed E-state index contributed by atoms with van der Waals surface area (Å²) in [4.78, 5) is 39.2. The Morgan fingerprint density at radius 1 is 1.00 bits per heavy atom. The Morgan fingerprint density at radius 2 is 1.64 bits per heavy atom. The Labute approximate surface area is 199 Å². The lowest BCUT2D eigenvalue weighted by Gasteiger charge is -2.21. The van der Waals surface area contributed by atoms with Gasteiger partial charge in [0.25, 0.3) is 21.8 Å². The fraction of sp³-hybridized carbons (Fsp3) is 0.136. The van der Waals surface area contributed by atoms with Crippen LogP contribution in [-0.4, -0.2) is 26.3 Å². The van der Waals surface area contributed by atoms with Crippen molar-refractivity contribution in [2.45, 2.75) is 24.0 Å². The Morgan fingerprint density at radius 3 is 2.18 bits per heavy atom. The van der Waals surface area contributed by atoms with Crippen LogP contribution in [0.3, 0.4) is 0 Å². The van der Waals surface area contributed by atoms with Crippen molar-refractivity contribution in [1.82, 2.24) is 4.72 Å². The minimum absolute atomic E-state index is 0.0912. The lowest BCUT2D eigenvalue weighted by atomic mass is 9.99. The molecule has 11 heteroatoms. The zero-order valence-corrected chi connectivity index (χ0v) is 19.8. The molecule has 0 bridgehead atoms. The van der Waals surface area contributed by atoms with Gasteiger partial charge in [-0.1, -0.05) is 37.6 Å². The average molecular weight is 504 g/mol. The SMILES string of the molecule is CC(C)c1cc(NC(=O)NS(=O)(=O)c2ccc(Cl)s2)ccc1N1C(=O)c2ccccc2C1=O. The van der Waals surface area contributed by atoms with Crippen molar-refractivity contribution >= 4 is 62.2 Å². The van der Waals surface area contributed by atoms with Crippen LogP contribution in [0.2, 0.25) is 4.34 Å². The molecule has 0 fully saturated rings. The van der Waals surface area contributed by atoms with Gasteiger partial charge in [0.15, 0.2) is 0 Å². The van der Waals surface area contributed by atoms with Crippen LogP contribution in [0.15, 0.2) is 58.8 Å². The molecule has 4 rings (SSSR count). The number of urea groups is 1. The molecule has 170 valence electrons. The number of amides is 4. The van der Waals surface area contributed by atoms with E-state index in [2.05, 4.69) is 5.32 Å². The van der Waals surface area contributed by atoms with E-state index in [1.54, 1.807) is 36.4 Å². The third-order valence-electron chi connectivity index (χ3n) is 4.98. The minimum atomic E-state index is -4.08. The predicted octanol–water partition coefficient (Wildman–Crippen LogP) is 4.84. The number of carbonyl (C=O) groups is 3. The van der Waals surface area contributed by atoms with E-state index in [0.717, 1.165) is 16.2 Å². The van der Waals surface area contributed by atoms with Crippen LogP contribution in [-0.2, 0) is 10.0 Å². The van der Waals surface area contributed by atoms with E-state index in [9.17, 15) is 22.8 Å². The monoisotopic (exact) mass is 503 g/mol. The Kier molecular flexibility index (Phi) is 6.00. The van der Waals surface area contributed by atoms with Gasteiger partial charge >= 0.3 is 6.03 Å². The molecule has 0 atom stereocenters. The number of sulfonamides is 1. The molecule has 2 N–H and O–H groups in total. The zero-order valence-electron chi connectivity index (χ0n) is 17.5. The lowest BCUT2D eigenvalue weighted by molar-refractivity contribution is 0.0925. The van der Waals surface area contributed by atoms with Crippen molar-refractivity contribution in [2.24, 2.45) is 0 Å². The van der Waals surface area contributed by atoms with Crippen LogP contribution in [0.25, 0.3) is 0 Å². The number of carbonyl (C=O) groups excluding carboxylic acids is 3. The number of halogens is 1. The normalized spacial score (nSPS) is 13.4. The van der Waals surface area contributed by atoms with Crippen LogP contribution < -0.4 is 14.9 Å². The van der Waals surface area contributed by atoms with Gasteiger partial charge in [0.1, 0.15) is 4.21 Å². The molecule has 1 aliphatic rings. The number of fused-ring (bicyclic) bond motifs is 1. The first-order chi connectivity index (χ1) is 15.6. The first-order valence-electron chi connectivity index (χ1n) is 9.79. The van der Waals surface area contributed by atoms with E-state index < -0.39 is 27.9 Å². The van der Waals surface area contributed by atoms with Gasteiger partial charge in [0.2, 0.25) is 0 Å². The van der Waals surface area contributed by atoms with Gasteiger partial charge in [-0.3, -0.25) is 9.59 Å². The number of imide groups is 1. The maximum atomic E-state index is 12.9. The highest BCUT2D eigenvalue weighted by Crippen LogP contribution is 2.35. The fourth-order valence-electron chi connectivity index (χ4n) is 3.48. The third kappa shape index (κ3) is 4.37. The molecular weight excluding hydrogens is 486 g/mol. The number of nitrogens with zero attached hydrogens (tertiary/aromatic N) is 1. The van der Waals surface area contributed by atoms with Crippen LogP contribution in [0.4, 0.5) is 16.2 Å². The first-order valence-corrected chi connectivity index (χ1v) is 12.5. The lowest BCUT2D eigenvalue weighted by Crippen LogP contribution is -2.34. The fourth-order valence-corrected chi connectivity index (χ4v) is 5.87. The Balaban J connectivity index is 1.59. The average Bonchev–Trinajstić information content (AvgIpc) is 3.30. The van der Waals surface area contributed by atoms with Crippen molar-refractivity contribution < 1.29 is 22.8 Å². The van der Waals surface area contributed by atoms with E-state index in [1.807, 2.05) is 18.6 Å². The van der Waals surface area contributed by atoms with Gasteiger partial charge in [-0.2, -0.15) is 0 Å². The van der Waals surface area contributed by atoms with Crippen molar-refractivity contribution in [3.05, 3.63) is 75.6 Å². The summed E-state index contributed by atoms with van der Waals surface area (Å²) in [5.41, 5.74) is 2.00. The van der Waals surface area contributed by atoms with Gasteiger partial charge in [0, 0.05) is 5.69 Å². The molecule has 0 spiro atoms. The second kappa shape index (κ2) is 8.62. The van der Waals surface area contributed by atoms with Crippen molar-refractivity contribution in [1.29, 1.82) is 0 Å². The summed E-state index contributed by atoms with van der Waals surface area (Å²) < 4.78 is 26.8. The van der Waals surface area contributed by atoms with Gasteiger partial charge in [0.05, 0.1) is 21.2 Å². The van der Waals surface area contributed by atoms with Crippen LogP contribution in [0, 0.1) is 0 Å². The molecule has 33 heavy (non-hydrogen) atoms. The molecule has 0 saturated heterocycles. The Bertz CT molecular complexity index is 1360. The molecule has 2 aromatic carbocycles. The molecule has 0 saturated carbocycles. The molecule has 0 unspecified atom stereocenters. The molecule has 8 nitrogen and oxygen atoms in total. The summed E-state index contributed by atoms with van der Waals surface area (Å²) in [7, 11) is -4.08. The summed E-state index contributed by atoms with van der Waals surface area (Å²) in [5.74, 6) is -0.945. The maximum absolute atomic E-state index is 12.9. The van der Waals surface area contributed by atoms with Crippen LogP contribution >= 0.6 is 22.9 Å². The van der Waals surface area contributed by atoms with E-state index in [0.29, 0.717) is 28.1 Å². The van der Waals surface area contributed by atoms with Crippen molar-refractivity contribution in [3.8, 4) is 0 Å². The smallest absolute Gasteiger partial charge is 0.307 e. The number of thiophene rings is 1. The number of hydrogen-bond donors (Lipinski definition) is 2. The molecular formula is C22H18ClN3O5S2. The van der Waals surface area contributed by atoms with Gasteiger partial charge in [-0.05, 0) is 53.9 Å². The molecule has 4 amide bonds. The van der Waals surface area contributed by atoms with Gasteiger partial charge in [-0.15, -0.1) is 11.3 Å². The number of anilines is 2. The second-order valence-electron chi connectivity index (χ2n) is 7.54. The summed E-state index contributed by atoms with van der Waals surface area (Å²) >= 11 is 6.60. The van der Waals surface area contributed by atoms with Crippen molar-refractivity contribution in [2.75, 3.05) is 10.2 Å². The highest BCUT2D eigenvalue weighted by atomic mass is 35.5. The predicted molar refractivity (Wildman–Crippen MR) is 127 cm³/mol. The topological polar surface area (TPSA) is 113 Å². The van der Waals surface area contributed by atoms with E-state index >= 15 is 0 Å². The second-order valence-corrected chi connectivity index (χ2v) is 11.2. The molecule has 1 aromatic heterocycles. The molecule has 0 aliphatic carbocycles. The zero-order chi connectivity index (χ0) is 23.9. The summed E-state index contributed by atoms with van der Waals surface area (Å²) in [6, 6.07) is 13.0. The quantitative estimate of drug-likeness (QED) is 0.484. The molecule has 3 aromatic rings. The summed E-state index contributed by atoms with van der Waals surface area (Å²) in [6.07, 6.45) is 0. The number of hydrogen-bond acceptors (Lipinski definition) is 6. The van der Waals surface area contributed by atoms with Crippen LogP contribution in [0.5, 0.6) is 0 Å². The summed E-state index contributed by atoms with van der Waals surface area (Å²) in [5, 5.41) is 2.48. The van der Waals surface area contributed by atoms with Crippen LogP contribution in [0.1, 0.15) is 46.0 Å². The minimum Gasteiger partial charge on any atom is -0.307 e. The van der Waals surface area contributed by atoms with Gasteiger partial charge in [-0.25, -0.2) is 22.8 Å². The number of rotatable bonds is 5. The standard InChI is InChI=1S/C22H18ClN3O5S2/c1-12(2)16-11-13(24-22(29)25-33(30,31)19-10-9-18(23)32-19)7-8-17(16)26-20(27)14-5-3-4-6-15(14)21(26)28/h3-12H,1-2H3,(H2,24,25,29).